The molecule has 0 saturated carbocycles. The fourth-order valence-electron chi connectivity index (χ4n) is 1.03. The van der Waals surface area contributed by atoms with Crippen LogP contribution in [0.5, 0.6) is 0 Å². The Morgan fingerprint density at radius 2 is 2.42 bits per heavy atom. The number of hydrogen-bond acceptors (Lipinski definition) is 3. The molecule has 4 heteroatoms. The summed E-state index contributed by atoms with van der Waals surface area (Å²) in [6.07, 6.45) is 0. The summed E-state index contributed by atoms with van der Waals surface area (Å²) in [6.45, 7) is 4.19. The third-order valence-corrected chi connectivity index (χ3v) is 3.44. The number of nitrogens with one attached hydrogen (secondary N) is 2. The Kier molecular flexibility index (Phi) is 3.88. The van der Waals surface area contributed by atoms with Crippen molar-refractivity contribution in [1.29, 1.82) is 0 Å². The number of carbonyl (C=O) groups excluding carboxylic acids is 1. The average molecular weight is 188 g/mol. The molecule has 1 atom stereocenters. The molecule has 3 nitrogen and oxygen atoms in total. The van der Waals surface area contributed by atoms with Gasteiger partial charge in [-0.15, -0.1) is 11.8 Å². The van der Waals surface area contributed by atoms with Crippen molar-refractivity contribution < 1.29 is 4.79 Å². The van der Waals surface area contributed by atoms with Gasteiger partial charge in [-0.25, -0.2) is 0 Å². The second kappa shape index (κ2) is 4.72. The van der Waals surface area contributed by atoms with E-state index in [0.717, 1.165) is 24.8 Å². The van der Waals surface area contributed by atoms with Crippen molar-refractivity contribution in [2.45, 2.75) is 12.2 Å². The minimum atomic E-state index is 0.0931. The Hall–Kier alpha value is -0.220. The van der Waals surface area contributed by atoms with E-state index in [1.54, 1.807) is 18.8 Å². The maximum atomic E-state index is 11.1. The number of rotatable bonds is 4. The fourth-order valence-corrected chi connectivity index (χ4v) is 2.09. The fraction of sp³-hybridized carbons (Fsp3) is 0.875. The van der Waals surface area contributed by atoms with E-state index in [9.17, 15) is 4.79 Å². The Labute approximate surface area is 77.7 Å². The molecule has 1 aliphatic rings. The number of carbonyl (C=O) groups is 1. The van der Waals surface area contributed by atoms with Crippen LogP contribution >= 0.6 is 11.8 Å². The van der Waals surface area contributed by atoms with Crippen molar-refractivity contribution in [3.63, 3.8) is 0 Å². The molecule has 0 spiro atoms. The minimum Gasteiger partial charge on any atom is -0.358 e. The maximum Gasteiger partial charge on any atom is 0.232 e. The van der Waals surface area contributed by atoms with Crippen LogP contribution < -0.4 is 10.6 Å². The van der Waals surface area contributed by atoms with Crippen LogP contribution in [-0.4, -0.2) is 37.0 Å². The summed E-state index contributed by atoms with van der Waals surface area (Å²) >= 11 is 1.74. The van der Waals surface area contributed by atoms with Crippen molar-refractivity contribution in [2.24, 2.45) is 5.92 Å². The highest BCUT2D eigenvalue weighted by Gasteiger charge is 2.19. The lowest BCUT2D eigenvalue weighted by Crippen LogP contribution is -2.43. The van der Waals surface area contributed by atoms with Crippen LogP contribution in [0.15, 0.2) is 0 Å². The zero-order valence-electron chi connectivity index (χ0n) is 7.59. The summed E-state index contributed by atoms with van der Waals surface area (Å²) in [7, 11) is 1.68. The summed E-state index contributed by atoms with van der Waals surface area (Å²) in [5.41, 5.74) is 0. The Bertz CT molecular complexity index is 159. The van der Waals surface area contributed by atoms with Crippen LogP contribution in [0, 0.1) is 5.92 Å². The van der Waals surface area contributed by atoms with E-state index in [1.807, 2.05) is 6.92 Å². The molecule has 1 unspecified atom stereocenters. The molecule has 0 aromatic heterocycles. The van der Waals surface area contributed by atoms with Gasteiger partial charge in [-0.3, -0.25) is 4.79 Å². The number of amides is 1. The van der Waals surface area contributed by atoms with E-state index < -0.39 is 0 Å². The van der Waals surface area contributed by atoms with Gasteiger partial charge in [0.1, 0.15) is 0 Å². The van der Waals surface area contributed by atoms with Gasteiger partial charge >= 0.3 is 0 Å². The molecule has 1 heterocycles. The molecular formula is C8H16N2OS. The van der Waals surface area contributed by atoms with Gasteiger partial charge in [-0.1, -0.05) is 0 Å². The first kappa shape index (κ1) is 9.86. The highest BCUT2D eigenvalue weighted by atomic mass is 32.2. The highest BCUT2D eigenvalue weighted by molar-refractivity contribution is 8.00. The third kappa shape index (κ3) is 2.68. The van der Waals surface area contributed by atoms with Crippen LogP contribution in [0.4, 0.5) is 0 Å². The van der Waals surface area contributed by atoms with E-state index in [1.165, 1.54) is 0 Å². The quantitative estimate of drug-likeness (QED) is 0.656. The summed E-state index contributed by atoms with van der Waals surface area (Å²) < 4.78 is 0. The lowest BCUT2D eigenvalue weighted by Gasteiger charge is -2.27. The van der Waals surface area contributed by atoms with Gasteiger partial charge in [0.2, 0.25) is 5.91 Å². The lowest BCUT2D eigenvalue weighted by atomic mass is 10.1. The van der Waals surface area contributed by atoms with Gasteiger partial charge in [0.05, 0.1) is 5.25 Å². The third-order valence-electron chi connectivity index (χ3n) is 2.06. The standard InChI is InChI=1S/C8H16N2OS/c1-6(8(11)9-2)12-5-7-3-10-4-7/h6-7,10H,3-5H2,1-2H3,(H,9,11). The SMILES string of the molecule is CNC(=O)C(C)SCC1CNC1. The molecule has 0 aliphatic carbocycles. The Morgan fingerprint density at radius 3 is 2.83 bits per heavy atom. The van der Waals surface area contributed by atoms with Crippen molar-refractivity contribution in [1.82, 2.24) is 10.6 Å². The smallest absolute Gasteiger partial charge is 0.232 e. The summed E-state index contributed by atoms with van der Waals surface area (Å²) in [4.78, 5) is 11.1. The second-order valence-corrected chi connectivity index (χ2v) is 4.49. The van der Waals surface area contributed by atoms with Gasteiger partial charge in [-0.2, -0.15) is 0 Å². The van der Waals surface area contributed by atoms with Crippen molar-refractivity contribution >= 4 is 17.7 Å². The first-order chi connectivity index (χ1) is 5.74. The zero-order valence-corrected chi connectivity index (χ0v) is 8.41. The second-order valence-electron chi connectivity index (χ2n) is 3.11. The largest absolute Gasteiger partial charge is 0.358 e. The molecule has 12 heavy (non-hydrogen) atoms. The van der Waals surface area contributed by atoms with Crippen LogP contribution in [0.1, 0.15) is 6.92 Å². The summed E-state index contributed by atoms with van der Waals surface area (Å²) in [6, 6.07) is 0. The molecule has 0 radical (unpaired) electrons. The van der Waals surface area contributed by atoms with Crippen LogP contribution in [-0.2, 0) is 4.79 Å². The molecular weight excluding hydrogens is 172 g/mol. The van der Waals surface area contributed by atoms with E-state index in [-0.39, 0.29) is 11.2 Å². The molecule has 1 fully saturated rings. The molecule has 1 aliphatic heterocycles. The lowest BCUT2D eigenvalue weighted by molar-refractivity contribution is -0.119. The molecule has 0 aromatic rings. The van der Waals surface area contributed by atoms with Crippen LogP contribution in [0.2, 0.25) is 0 Å². The summed E-state index contributed by atoms with van der Waals surface area (Å²) in [5, 5.41) is 5.96. The monoisotopic (exact) mass is 188 g/mol. The normalized spacial score (nSPS) is 19.8. The minimum absolute atomic E-state index is 0.0931. The first-order valence-electron chi connectivity index (χ1n) is 4.28. The van der Waals surface area contributed by atoms with Gasteiger partial charge in [0, 0.05) is 7.05 Å². The Balaban J connectivity index is 2.08. The maximum absolute atomic E-state index is 11.1. The van der Waals surface area contributed by atoms with Gasteiger partial charge in [0.15, 0.2) is 0 Å². The average Bonchev–Trinajstić information content (AvgIpc) is 2.00. The predicted octanol–water partition coefficient (Wildman–Crippen LogP) is 0.0735. The molecule has 1 saturated heterocycles. The number of hydrogen-bond donors (Lipinski definition) is 2. The van der Waals surface area contributed by atoms with Crippen molar-refractivity contribution in [2.75, 3.05) is 25.9 Å². The Morgan fingerprint density at radius 1 is 1.75 bits per heavy atom. The molecule has 1 amide bonds. The van der Waals surface area contributed by atoms with Crippen molar-refractivity contribution in [3.05, 3.63) is 0 Å². The van der Waals surface area contributed by atoms with Gasteiger partial charge < -0.3 is 10.6 Å². The highest BCUT2D eigenvalue weighted by Crippen LogP contribution is 2.17. The zero-order chi connectivity index (χ0) is 8.97. The van der Waals surface area contributed by atoms with E-state index in [2.05, 4.69) is 10.6 Å². The van der Waals surface area contributed by atoms with Crippen LogP contribution in [0.3, 0.4) is 0 Å². The van der Waals surface area contributed by atoms with Gasteiger partial charge in [0.25, 0.3) is 0 Å². The van der Waals surface area contributed by atoms with E-state index in [0.29, 0.717) is 0 Å². The first-order valence-corrected chi connectivity index (χ1v) is 5.33. The van der Waals surface area contributed by atoms with Gasteiger partial charge in [-0.05, 0) is 31.7 Å². The van der Waals surface area contributed by atoms with Crippen LogP contribution in [0.25, 0.3) is 0 Å². The molecule has 70 valence electrons. The topological polar surface area (TPSA) is 41.1 Å². The molecule has 0 aromatic carbocycles. The molecule has 0 bridgehead atoms. The predicted molar refractivity (Wildman–Crippen MR) is 52.3 cm³/mol. The summed E-state index contributed by atoms with van der Waals surface area (Å²) in [5.74, 6) is 2.01. The van der Waals surface area contributed by atoms with Crippen molar-refractivity contribution in [3.8, 4) is 0 Å². The van der Waals surface area contributed by atoms with E-state index in [4.69, 9.17) is 0 Å². The molecule has 1 rings (SSSR count). The number of thioether (sulfide) groups is 1. The molecule has 2 N–H and O–H groups in total. The van der Waals surface area contributed by atoms with E-state index >= 15 is 0 Å².